The fourth-order valence-electron chi connectivity index (χ4n) is 2.11. The van der Waals surface area contributed by atoms with Crippen LogP contribution < -0.4 is 5.73 Å². The molecule has 0 aliphatic heterocycles. The van der Waals surface area contributed by atoms with E-state index in [4.69, 9.17) is 10.8 Å². The van der Waals surface area contributed by atoms with Gasteiger partial charge in [0.15, 0.2) is 0 Å². The molecule has 1 atom stereocenters. The van der Waals surface area contributed by atoms with Crippen molar-refractivity contribution in [3.8, 4) is 0 Å². The fourth-order valence-corrected chi connectivity index (χ4v) is 2.11. The van der Waals surface area contributed by atoms with E-state index in [0.717, 1.165) is 6.42 Å². The van der Waals surface area contributed by atoms with Crippen LogP contribution in [-0.4, -0.2) is 17.6 Å². The largest absolute Gasteiger partial charge is 0.481 e. The number of carbonyl (C=O) groups is 1. The van der Waals surface area contributed by atoms with Crippen LogP contribution in [0.15, 0.2) is 0 Å². The van der Waals surface area contributed by atoms with Gasteiger partial charge in [-0.15, -0.1) is 0 Å². The molecule has 13 heavy (non-hydrogen) atoms. The van der Waals surface area contributed by atoms with Gasteiger partial charge in [-0.2, -0.15) is 0 Å². The molecule has 0 spiro atoms. The summed E-state index contributed by atoms with van der Waals surface area (Å²) in [5.41, 5.74) is 4.81. The summed E-state index contributed by atoms with van der Waals surface area (Å²) in [5.74, 6) is -0.161. The van der Waals surface area contributed by atoms with Gasteiger partial charge in [-0.3, -0.25) is 4.79 Å². The Labute approximate surface area is 79.3 Å². The average Bonchev–Trinajstić information content (AvgIpc) is 2.56. The number of carboxylic acid groups (broad SMARTS) is 1. The third kappa shape index (κ3) is 2.44. The fraction of sp³-hybridized carbons (Fsp3) is 0.900. The molecule has 0 bridgehead atoms. The van der Waals surface area contributed by atoms with Crippen LogP contribution in [0.3, 0.4) is 0 Å². The summed E-state index contributed by atoms with van der Waals surface area (Å²) in [7, 11) is 0. The summed E-state index contributed by atoms with van der Waals surface area (Å²) in [6, 6.07) is 0. The second-order valence-corrected chi connectivity index (χ2v) is 4.42. The number of nitrogens with two attached hydrogens (primary N) is 1. The Morgan fingerprint density at radius 2 is 2.08 bits per heavy atom. The van der Waals surface area contributed by atoms with E-state index in [1.807, 2.05) is 0 Å². The quantitative estimate of drug-likeness (QED) is 0.699. The molecule has 1 aliphatic carbocycles. The molecule has 3 heteroatoms. The third-order valence-corrected chi connectivity index (χ3v) is 3.18. The number of aliphatic carboxylic acids is 1. The molecule has 1 saturated carbocycles. The molecule has 1 aliphatic rings. The molecule has 0 heterocycles. The van der Waals surface area contributed by atoms with Crippen LogP contribution in [0.1, 0.15) is 39.0 Å². The summed E-state index contributed by atoms with van der Waals surface area (Å²) in [5, 5.41) is 9.01. The SMILES string of the molecule is CC(CN)(CC1CCCC1)C(=O)O. The molecule has 0 aromatic heterocycles. The van der Waals surface area contributed by atoms with Crippen molar-refractivity contribution < 1.29 is 9.90 Å². The summed E-state index contributed by atoms with van der Waals surface area (Å²) in [4.78, 5) is 11.0. The number of carboxylic acids is 1. The third-order valence-electron chi connectivity index (χ3n) is 3.18. The van der Waals surface area contributed by atoms with Crippen LogP contribution in [-0.2, 0) is 4.79 Å². The molecule has 76 valence electrons. The molecular weight excluding hydrogens is 166 g/mol. The average molecular weight is 185 g/mol. The van der Waals surface area contributed by atoms with E-state index in [-0.39, 0.29) is 6.54 Å². The topological polar surface area (TPSA) is 63.3 Å². The Morgan fingerprint density at radius 1 is 1.54 bits per heavy atom. The minimum Gasteiger partial charge on any atom is -0.481 e. The second kappa shape index (κ2) is 4.09. The second-order valence-electron chi connectivity index (χ2n) is 4.42. The minimum absolute atomic E-state index is 0.249. The molecule has 1 fully saturated rings. The van der Waals surface area contributed by atoms with Gasteiger partial charge in [0.05, 0.1) is 5.41 Å². The molecule has 0 aromatic rings. The van der Waals surface area contributed by atoms with Crippen molar-refractivity contribution in [2.45, 2.75) is 39.0 Å². The monoisotopic (exact) mass is 185 g/mol. The van der Waals surface area contributed by atoms with E-state index in [9.17, 15) is 4.79 Å². The van der Waals surface area contributed by atoms with Crippen molar-refractivity contribution in [2.75, 3.05) is 6.54 Å². The number of hydrogen-bond acceptors (Lipinski definition) is 2. The normalized spacial score (nSPS) is 22.9. The van der Waals surface area contributed by atoms with Gasteiger partial charge >= 0.3 is 5.97 Å². The van der Waals surface area contributed by atoms with Crippen molar-refractivity contribution in [1.29, 1.82) is 0 Å². The van der Waals surface area contributed by atoms with Gasteiger partial charge in [-0.1, -0.05) is 25.7 Å². The van der Waals surface area contributed by atoms with Crippen molar-refractivity contribution in [3.63, 3.8) is 0 Å². The van der Waals surface area contributed by atoms with E-state index in [0.29, 0.717) is 5.92 Å². The lowest BCUT2D eigenvalue weighted by Crippen LogP contribution is -2.37. The van der Waals surface area contributed by atoms with Gasteiger partial charge in [-0.05, 0) is 19.3 Å². The Bertz CT molecular complexity index is 187. The Balaban J connectivity index is 2.51. The molecule has 0 amide bonds. The first-order chi connectivity index (χ1) is 6.08. The van der Waals surface area contributed by atoms with Crippen molar-refractivity contribution in [3.05, 3.63) is 0 Å². The summed E-state index contributed by atoms with van der Waals surface area (Å²) in [6.07, 6.45) is 5.63. The highest BCUT2D eigenvalue weighted by molar-refractivity contribution is 5.74. The molecule has 3 N–H and O–H groups in total. The molecular formula is C10H19NO2. The predicted octanol–water partition coefficient (Wildman–Crippen LogP) is 1.62. The van der Waals surface area contributed by atoms with Crippen LogP contribution in [0, 0.1) is 11.3 Å². The molecule has 3 nitrogen and oxygen atoms in total. The highest BCUT2D eigenvalue weighted by Gasteiger charge is 2.35. The zero-order valence-electron chi connectivity index (χ0n) is 8.25. The highest BCUT2D eigenvalue weighted by Crippen LogP contribution is 2.35. The van der Waals surface area contributed by atoms with Gasteiger partial charge in [0.25, 0.3) is 0 Å². The maximum atomic E-state index is 11.0. The molecule has 1 unspecified atom stereocenters. The summed E-state index contributed by atoms with van der Waals surface area (Å²) in [6.45, 7) is 2.01. The molecule has 0 radical (unpaired) electrons. The first-order valence-electron chi connectivity index (χ1n) is 5.02. The van der Waals surface area contributed by atoms with Gasteiger partial charge in [0.2, 0.25) is 0 Å². The van der Waals surface area contributed by atoms with Crippen LogP contribution in [0.2, 0.25) is 0 Å². The van der Waals surface area contributed by atoms with Gasteiger partial charge in [-0.25, -0.2) is 0 Å². The minimum atomic E-state index is -0.748. The lowest BCUT2D eigenvalue weighted by atomic mass is 9.80. The first kappa shape index (κ1) is 10.5. The summed E-state index contributed by atoms with van der Waals surface area (Å²) < 4.78 is 0. The Morgan fingerprint density at radius 3 is 2.46 bits per heavy atom. The van der Waals surface area contributed by atoms with Crippen LogP contribution in [0.5, 0.6) is 0 Å². The van der Waals surface area contributed by atoms with Gasteiger partial charge in [0.1, 0.15) is 0 Å². The predicted molar refractivity (Wildman–Crippen MR) is 51.4 cm³/mol. The van der Waals surface area contributed by atoms with E-state index in [1.54, 1.807) is 6.92 Å². The van der Waals surface area contributed by atoms with Crippen LogP contribution >= 0.6 is 0 Å². The standard InChI is InChI=1S/C10H19NO2/c1-10(7-11,9(12)13)6-8-4-2-3-5-8/h8H,2-7,11H2,1H3,(H,12,13). The molecule has 0 aromatic carbocycles. The zero-order chi connectivity index (χ0) is 9.90. The van der Waals surface area contributed by atoms with E-state index < -0.39 is 11.4 Å². The van der Waals surface area contributed by atoms with Crippen molar-refractivity contribution in [2.24, 2.45) is 17.1 Å². The lowest BCUT2D eigenvalue weighted by molar-refractivity contribution is -0.148. The molecule has 1 rings (SSSR count). The van der Waals surface area contributed by atoms with Crippen LogP contribution in [0.4, 0.5) is 0 Å². The van der Waals surface area contributed by atoms with Gasteiger partial charge in [0, 0.05) is 6.54 Å². The Kier molecular flexibility index (Phi) is 3.31. The van der Waals surface area contributed by atoms with Gasteiger partial charge < -0.3 is 10.8 Å². The van der Waals surface area contributed by atoms with Crippen LogP contribution in [0.25, 0.3) is 0 Å². The van der Waals surface area contributed by atoms with E-state index in [1.165, 1.54) is 25.7 Å². The lowest BCUT2D eigenvalue weighted by Gasteiger charge is -2.25. The maximum absolute atomic E-state index is 11.0. The zero-order valence-corrected chi connectivity index (χ0v) is 8.25. The summed E-state index contributed by atoms with van der Waals surface area (Å²) >= 11 is 0. The van der Waals surface area contributed by atoms with E-state index in [2.05, 4.69) is 0 Å². The smallest absolute Gasteiger partial charge is 0.310 e. The molecule has 0 saturated heterocycles. The van der Waals surface area contributed by atoms with E-state index >= 15 is 0 Å². The Hall–Kier alpha value is -0.570. The van der Waals surface area contributed by atoms with Crippen molar-refractivity contribution in [1.82, 2.24) is 0 Å². The number of rotatable bonds is 4. The first-order valence-corrected chi connectivity index (χ1v) is 5.02. The van der Waals surface area contributed by atoms with Crippen molar-refractivity contribution >= 4 is 5.97 Å². The highest BCUT2D eigenvalue weighted by atomic mass is 16.4. The number of hydrogen-bond donors (Lipinski definition) is 2. The maximum Gasteiger partial charge on any atom is 0.310 e.